The zero-order valence-corrected chi connectivity index (χ0v) is 15.5. The summed E-state index contributed by atoms with van der Waals surface area (Å²) in [6, 6.07) is 1.45. The van der Waals surface area contributed by atoms with Gasteiger partial charge < -0.3 is 9.84 Å². The van der Waals surface area contributed by atoms with Gasteiger partial charge in [0.05, 0.1) is 4.92 Å². The number of aryl methyl sites for hydroxylation is 1. The Morgan fingerprint density at radius 2 is 2.07 bits per heavy atom. The van der Waals surface area contributed by atoms with Gasteiger partial charge in [-0.3, -0.25) is 19.7 Å². The van der Waals surface area contributed by atoms with E-state index in [4.69, 9.17) is 4.74 Å². The van der Waals surface area contributed by atoms with Crippen LogP contribution in [-0.4, -0.2) is 21.8 Å². The number of hydrogen-bond acceptors (Lipinski definition) is 6. The lowest BCUT2D eigenvalue weighted by Gasteiger charge is -2.48. The number of nitrogens with zero attached hydrogens (tertiary/aromatic N) is 1. The van der Waals surface area contributed by atoms with Gasteiger partial charge in [0.1, 0.15) is 5.78 Å². The van der Waals surface area contributed by atoms with Crippen molar-refractivity contribution in [2.24, 2.45) is 17.3 Å². The number of hydrogen-bond donors (Lipinski definition) is 1. The SMILES string of the molecule is CC(=O)Oc1c2c(cc(O)c1[N+](=O)[O-])CC[C@@H]1[C@@H]2CC[C@]2(C)C(=O)CC[C@@H]12. The van der Waals surface area contributed by atoms with E-state index in [1.807, 2.05) is 0 Å². The molecule has 0 aromatic heterocycles. The molecule has 4 rings (SSSR count). The molecule has 0 spiro atoms. The minimum absolute atomic E-state index is 0.00590. The number of rotatable bonds is 2. The fraction of sp³-hybridized carbons (Fsp3) is 0.600. The van der Waals surface area contributed by atoms with Crippen LogP contribution in [0.4, 0.5) is 5.69 Å². The van der Waals surface area contributed by atoms with Gasteiger partial charge in [0.2, 0.25) is 5.75 Å². The molecule has 0 aliphatic heterocycles. The second-order valence-electron chi connectivity index (χ2n) is 8.33. The van der Waals surface area contributed by atoms with Crippen LogP contribution < -0.4 is 4.74 Å². The van der Waals surface area contributed by atoms with Gasteiger partial charge in [0.25, 0.3) is 0 Å². The predicted molar refractivity (Wildman–Crippen MR) is 95.7 cm³/mol. The molecule has 3 aliphatic carbocycles. The minimum Gasteiger partial charge on any atom is -0.502 e. The maximum absolute atomic E-state index is 12.5. The summed E-state index contributed by atoms with van der Waals surface area (Å²) in [6.07, 6.45) is 4.45. The van der Waals surface area contributed by atoms with Crippen LogP contribution in [0, 0.1) is 27.4 Å². The molecule has 2 saturated carbocycles. The normalized spacial score (nSPS) is 31.6. The van der Waals surface area contributed by atoms with E-state index < -0.39 is 22.3 Å². The third-order valence-corrected chi connectivity index (χ3v) is 7.05. The van der Waals surface area contributed by atoms with E-state index >= 15 is 0 Å². The number of phenolic OH excluding ortho intramolecular Hbond substituents is 1. The fourth-order valence-electron chi connectivity index (χ4n) is 5.88. The number of phenols is 1. The summed E-state index contributed by atoms with van der Waals surface area (Å²) in [6.45, 7) is 3.26. The zero-order valence-electron chi connectivity index (χ0n) is 15.5. The van der Waals surface area contributed by atoms with E-state index in [2.05, 4.69) is 6.92 Å². The first-order valence-corrected chi connectivity index (χ1v) is 9.49. The van der Waals surface area contributed by atoms with Crippen LogP contribution in [0.3, 0.4) is 0 Å². The highest BCUT2D eigenvalue weighted by atomic mass is 16.6. The maximum Gasteiger partial charge on any atom is 0.353 e. The Hall–Kier alpha value is -2.44. The van der Waals surface area contributed by atoms with Crippen LogP contribution in [0.5, 0.6) is 11.5 Å². The Morgan fingerprint density at radius 1 is 1.33 bits per heavy atom. The van der Waals surface area contributed by atoms with Gasteiger partial charge in [-0.25, -0.2) is 0 Å². The molecule has 4 atom stereocenters. The van der Waals surface area contributed by atoms with Crippen molar-refractivity contribution in [2.45, 2.75) is 58.3 Å². The van der Waals surface area contributed by atoms with Crippen molar-refractivity contribution in [2.75, 3.05) is 0 Å². The largest absolute Gasteiger partial charge is 0.502 e. The molecule has 1 aromatic carbocycles. The van der Waals surface area contributed by atoms with Crippen molar-refractivity contribution in [3.8, 4) is 11.5 Å². The van der Waals surface area contributed by atoms with Gasteiger partial charge in [0, 0.05) is 24.3 Å². The van der Waals surface area contributed by atoms with Gasteiger partial charge in [-0.15, -0.1) is 0 Å². The van der Waals surface area contributed by atoms with E-state index in [-0.39, 0.29) is 28.9 Å². The number of fused-ring (bicyclic) bond motifs is 5. The Kier molecular flexibility index (Phi) is 4.01. The van der Waals surface area contributed by atoms with Crippen LogP contribution in [0.15, 0.2) is 6.07 Å². The summed E-state index contributed by atoms with van der Waals surface area (Å²) in [7, 11) is 0. The molecular formula is C20H23NO6. The summed E-state index contributed by atoms with van der Waals surface area (Å²) < 4.78 is 5.29. The van der Waals surface area contributed by atoms with Crippen molar-refractivity contribution in [3.63, 3.8) is 0 Å². The van der Waals surface area contributed by atoms with E-state index in [1.165, 1.54) is 13.0 Å². The summed E-state index contributed by atoms with van der Waals surface area (Å²) in [5.74, 6) is -0.393. The Balaban J connectivity index is 1.86. The average Bonchev–Trinajstić information content (AvgIpc) is 2.88. The lowest BCUT2D eigenvalue weighted by atomic mass is 9.55. The van der Waals surface area contributed by atoms with Crippen molar-refractivity contribution >= 4 is 17.4 Å². The number of nitro groups is 1. The van der Waals surface area contributed by atoms with Crippen LogP contribution in [0.25, 0.3) is 0 Å². The number of Topliss-reactive ketones (excluding diaryl/α,β-unsaturated/α-hetero) is 1. The number of carbonyl (C=O) groups excluding carboxylic acids is 2. The number of benzene rings is 1. The van der Waals surface area contributed by atoms with Crippen LogP contribution >= 0.6 is 0 Å². The second kappa shape index (κ2) is 6.04. The van der Waals surface area contributed by atoms with Crippen molar-refractivity contribution in [3.05, 3.63) is 27.3 Å². The molecule has 144 valence electrons. The fourth-order valence-corrected chi connectivity index (χ4v) is 5.88. The summed E-state index contributed by atoms with van der Waals surface area (Å²) in [5.41, 5.74) is 0.652. The van der Waals surface area contributed by atoms with E-state index in [1.54, 1.807) is 0 Å². The summed E-state index contributed by atoms with van der Waals surface area (Å²) in [5, 5.41) is 21.7. The molecular weight excluding hydrogens is 350 g/mol. The molecule has 7 heteroatoms. The van der Waals surface area contributed by atoms with E-state index in [0.717, 1.165) is 31.2 Å². The first-order valence-electron chi connectivity index (χ1n) is 9.49. The summed E-state index contributed by atoms with van der Waals surface area (Å²) in [4.78, 5) is 35.0. The highest BCUT2D eigenvalue weighted by Gasteiger charge is 2.55. The van der Waals surface area contributed by atoms with Crippen LogP contribution in [0.1, 0.15) is 63.0 Å². The number of ketones is 1. The average molecular weight is 373 g/mol. The summed E-state index contributed by atoms with van der Waals surface area (Å²) >= 11 is 0. The first kappa shape index (κ1) is 17.9. The number of esters is 1. The smallest absolute Gasteiger partial charge is 0.353 e. The molecule has 0 saturated heterocycles. The van der Waals surface area contributed by atoms with Gasteiger partial charge in [0.15, 0.2) is 5.75 Å². The van der Waals surface area contributed by atoms with Crippen molar-refractivity contribution < 1.29 is 24.4 Å². The van der Waals surface area contributed by atoms with Crippen LogP contribution in [0.2, 0.25) is 0 Å². The third kappa shape index (κ3) is 2.55. The maximum atomic E-state index is 12.5. The molecule has 2 fully saturated rings. The molecule has 0 bridgehead atoms. The topological polar surface area (TPSA) is 107 Å². The number of aromatic hydroxyl groups is 1. The van der Waals surface area contributed by atoms with Crippen molar-refractivity contribution in [1.82, 2.24) is 0 Å². The standard InChI is InChI=1S/C20H23NO6/c1-10(22)27-19-17-11(9-15(23)18(19)21(25)26)3-4-12-13(17)7-8-20(2)14(12)5-6-16(20)24/h9,12-14,23H,3-8H2,1-2H3/t12-,13+,14+,20+/m1/s1. The lowest BCUT2D eigenvalue weighted by Crippen LogP contribution is -2.42. The third-order valence-electron chi connectivity index (χ3n) is 7.05. The second-order valence-corrected chi connectivity index (χ2v) is 8.33. The molecule has 0 heterocycles. The number of nitro benzene ring substituents is 1. The van der Waals surface area contributed by atoms with Crippen molar-refractivity contribution in [1.29, 1.82) is 0 Å². The Morgan fingerprint density at radius 3 is 2.74 bits per heavy atom. The van der Waals surface area contributed by atoms with Gasteiger partial charge in [-0.1, -0.05) is 6.92 Å². The lowest BCUT2D eigenvalue weighted by molar-refractivity contribution is -0.386. The monoisotopic (exact) mass is 373 g/mol. The highest BCUT2D eigenvalue weighted by Crippen LogP contribution is 2.62. The molecule has 3 aliphatic rings. The van der Waals surface area contributed by atoms with Gasteiger partial charge in [-0.05, 0) is 61.5 Å². The highest BCUT2D eigenvalue weighted by molar-refractivity contribution is 5.87. The molecule has 0 amide bonds. The van der Waals surface area contributed by atoms with Gasteiger partial charge >= 0.3 is 11.7 Å². The quantitative estimate of drug-likeness (QED) is 0.367. The molecule has 0 radical (unpaired) electrons. The van der Waals surface area contributed by atoms with Crippen LogP contribution in [-0.2, 0) is 16.0 Å². The number of carbonyl (C=O) groups is 2. The molecule has 0 unspecified atom stereocenters. The molecule has 1 N–H and O–H groups in total. The Bertz CT molecular complexity index is 863. The van der Waals surface area contributed by atoms with E-state index in [9.17, 15) is 24.8 Å². The van der Waals surface area contributed by atoms with E-state index in [0.29, 0.717) is 24.2 Å². The Labute approximate surface area is 156 Å². The molecule has 1 aromatic rings. The molecule has 27 heavy (non-hydrogen) atoms. The molecule has 7 nitrogen and oxygen atoms in total. The zero-order chi connectivity index (χ0) is 19.5. The number of ether oxygens (including phenoxy) is 1. The minimum atomic E-state index is -0.691. The first-order chi connectivity index (χ1) is 12.7. The predicted octanol–water partition coefficient (Wildman–Crippen LogP) is 3.65. The van der Waals surface area contributed by atoms with Gasteiger partial charge in [-0.2, -0.15) is 0 Å².